The third-order valence-electron chi connectivity index (χ3n) is 4.09. The lowest BCUT2D eigenvalue weighted by molar-refractivity contribution is -0.127. The lowest BCUT2D eigenvalue weighted by Crippen LogP contribution is -2.36. The number of hydrogen-bond donors (Lipinski definition) is 0. The zero-order chi connectivity index (χ0) is 18.1. The van der Waals surface area contributed by atoms with E-state index in [-0.39, 0.29) is 12.5 Å². The average Bonchev–Trinajstić information content (AvgIpc) is 3.00. The quantitative estimate of drug-likeness (QED) is 0.680. The number of carbonyl (C=O) groups is 1. The molecular weight excluding hydrogens is 372 g/mol. The second-order valence-corrected chi connectivity index (χ2v) is 7.35. The van der Waals surface area contributed by atoms with E-state index in [0.717, 1.165) is 23.2 Å². The summed E-state index contributed by atoms with van der Waals surface area (Å²) in [4.78, 5) is 17.6. The predicted octanol–water partition coefficient (Wildman–Crippen LogP) is 4.03. The molecule has 0 fully saturated rings. The Bertz CT molecular complexity index is 1040. The fraction of sp³-hybridized carbons (Fsp3) is 0.263. The predicted molar refractivity (Wildman–Crippen MR) is 102 cm³/mol. The van der Waals surface area contributed by atoms with E-state index in [1.165, 1.54) is 11.3 Å². The molecule has 1 aliphatic rings. The fourth-order valence-corrected chi connectivity index (χ4v) is 4.33. The first-order chi connectivity index (χ1) is 12.7. The van der Waals surface area contributed by atoms with E-state index in [1.54, 1.807) is 6.07 Å². The number of carbonyl (C=O) groups excluding carboxylic acids is 1. The molecule has 3 aromatic rings. The van der Waals surface area contributed by atoms with Crippen LogP contribution in [0.3, 0.4) is 0 Å². The standard InChI is InChI=1S/C19H17ClN2O3S/c1-2-10-22-17-12(20)6-5-9-16(17)26-19(22)21-18(23)15-11-24-13-7-3-4-8-14(13)25-15/h3-9,15H,2,10-11H2,1H3. The molecule has 0 saturated carbocycles. The molecule has 134 valence electrons. The highest BCUT2D eigenvalue weighted by Gasteiger charge is 2.27. The molecule has 1 amide bonds. The summed E-state index contributed by atoms with van der Waals surface area (Å²) < 4.78 is 14.4. The normalized spacial score (nSPS) is 16.8. The third-order valence-corrected chi connectivity index (χ3v) is 5.44. The first-order valence-electron chi connectivity index (χ1n) is 8.42. The van der Waals surface area contributed by atoms with Crippen LogP contribution in [0.1, 0.15) is 13.3 Å². The molecule has 1 atom stereocenters. The Labute approximate surface area is 159 Å². The highest BCUT2D eigenvalue weighted by Crippen LogP contribution is 2.31. The van der Waals surface area contributed by atoms with Crippen molar-refractivity contribution in [2.45, 2.75) is 26.0 Å². The minimum atomic E-state index is -0.749. The van der Waals surface area contributed by atoms with Gasteiger partial charge in [0.25, 0.3) is 5.91 Å². The maximum absolute atomic E-state index is 12.7. The largest absolute Gasteiger partial charge is 0.485 e. The van der Waals surface area contributed by atoms with Crippen LogP contribution in [-0.2, 0) is 11.3 Å². The van der Waals surface area contributed by atoms with Crippen LogP contribution in [0.5, 0.6) is 11.5 Å². The summed E-state index contributed by atoms with van der Waals surface area (Å²) in [6.45, 7) is 2.97. The minimum Gasteiger partial charge on any atom is -0.485 e. The number of thiazole rings is 1. The molecule has 0 spiro atoms. The first-order valence-corrected chi connectivity index (χ1v) is 9.61. The van der Waals surface area contributed by atoms with Crippen molar-refractivity contribution in [2.24, 2.45) is 4.99 Å². The van der Waals surface area contributed by atoms with Crippen LogP contribution in [-0.4, -0.2) is 23.2 Å². The van der Waals surface area contributed by atoms with Gasteiger partial charge in [0, 0.05) is 6.54 Å². The number of amides is 1. The molecule has 1 aliphatic heterocycles. The van der Waals surface area contributed by atoms with Gasteiger partial charge in [0.05, 0.1) is 15.2 Å². The van der Waals surface area contributed by atoms with Gasteiger partial charge in [-0.2, -0.15) is 4.99 Å². The van der Waals surface area contributed by atoms with Gasteiger partial charge in [-0.05, 0) is 30.7 Å². The zero-order valence-corrected chi connectivity index (χ0v) is 15.7. The molecule has 0 aliphatic carbocycles. The van der Waals surface area contributed by atoms with E-state index in [9.17, 15) is 4.79 Å². The summed E-state index contributed by atoms with van der Waals surface area (Å²) in [5.74, 6) is 0.853. The minimum absolute atomic E-state index is 0.152. The Morgan fingerprint density at radius 3 is 2.88 bits per heavy atom. The molecule has 1 aromatic heterocycles. The lowest BCUT2D eigenvalue weighted by Gasteiger charge is -2.23. The summed E-state index contributed by atoms with van der Waals surface area (Å²) in [7, 11) is 0. The number of aryl methyl sites for hydroxylation is 1. The smallest absolute Gasteiger partial charge is 0.292 e. The van der Waals surface area contributed by atoms with E-state index < -0.39 is 6.10 Å². The zero-order valence-electron chi connectivity index (χ0n) is 14.1. The molecule has 4 rings (SSSR count). The Balaban J connectivity index is 1.71. The Hall–Kier alpha value is -2.31. The van der Waals surface area contributed by atoms with Crippen LogP contribution >= 0.6 is 22.9 Å². The third kappa shape index (κ3) is 3.10. The average molecular weight is 389 g/mol. The lowest BCUT2D eigenvalue weighted by atomic mass is 10.2. The first kappa shape index (κ1) is 17.1. The van der Waals surface area contributed by atoms with Crippen LogP contribution in [0.2, 0.25) is 5.02 Å². The van der Waals surface area contributed by atoms with Crippen molar-refractivity contribution in [1.29, 1.82) is 0 Å². The molecule has 7 heteroatoms. The van der Waals surface area contributed by atoms with Crippen molar-refractivity contribution >= 4 is 39.1 Å². The molecule has 5 nitrogen and oxygen atoms in total. The van der Waals surface area contributed by atoms with Gasteiger partial charge < -0.3 is 14.0 Å². The number of halogens is 1. The van der Waals surface area contributed by atoms with Gasteiger partial charge in [0.15, 0.2) is 16.3 Å². The van der Waals surface area contributed by atoms with Gasteiger partial charge in [0.1, 0.15) is 6.61 Å². The van der Waals surface area contributed by atoms with E-state index >= 15 is 0 Å². The second-order valence-electron chi connectivity index (χ2n) is 5.94. The van der Waals surface area contributed by atoms with Crippen LogP contribution in [0.25, 0.3) is 10.2 Å². The SMILES string of the molecule is CCCn1c(=NC(=O)C2COc3ccccc3O2)sc2cccc(Cl)c21. The number of ether oxygens (including phenoxy) is 2. The number of hydrogen-bond acceptors (Lipinski definition) is 4. The molecule has 26 heavy (non-hydrogen) atoms. The Kier molecular flexibility index (Phi) is 4.70. The summed E-state index contributed by atoms with van der Waals surface area (Å²) >= 11 is 7.82. The molecule has 0 bridgehead atoms. The van der Waals surface area contributed by atoms with Gasteiger partial charge in [0.2, 0.25) is 6.10 Å². The number of benzene rings is 2. The van der Waals surface area contributed by atoms with Crippen molar-refractivity contribution in [3.63, 3.8) is 0 Å². The number of fused-ring (bicyclic) bond motifs is 2. The maximum Gasteiger partial charge on any atom is 0.292 e. The van der Waals surface area contributed by atoms with Gasteiger partial charge in [-0.15, -0.1) is 0 Å². The summed E-state index contributed by atoms with van der Waals surface area (Å²) in [5.41, 5.74) is 0.915. The maximum atomic E-state index is 12.7. The summed E-state index contributed by atoms with van der Waals surface area (Å²) in [5, 5.41) is 0.660. The second kappa shape index (κ2) is 7.13. The van der Waals surface area contributed by atoms with Crippen molar-refractivity contribution in [3.8, 4) is 11.5 Å². The van der Waals surface area contributed by atoms with Gasteiger partial charge in [-0.1, -0.05) is 48.1 Å². The van der Waals surface area contributed by atoms with Crippen LogP contribution in [0, 0.1) is 0 Å². The molecule has 2 aromatic carbocycles. The highest BCUT2D eigenvalue weighted by molar-refractivity contribution is 7.16. The van der Waals surface area contributed by atoms with Crippen LogP contribution < -0.4 is 14.3 Å². The highest BCUT2D eigenvalue weighted by atomic mass is 35.5. The number of para-hydroxylation sites is 3. The van der Waals surface area contributed by atoms with E-state index in [4.69, 9.17) is 21.1 Å². The molecular formula is C19H17ClN2O3S. The summed E-state index contributed by atoms with van der Waals surface area (Å²) in [6.07, 6.45) is 0.162. The van der Waals surface area contributed by atoms with Crippen LogP contribution in [0.4, 0.5) is 0 Å². The molecule has 0 saturated heterocycles. The molecule has 2 heterocycles. The van der Waals surface area contributed by atoms with Crippen molar-refractivity contribution in [3.05, 3.63) is 52.3 Å². The fourth-order valence-electron chi connectivity index (χ4n) is 2.91. The monoisotopic (exact) mass is 388 g/mol. The molecule has 0 radical (unpaired) electrons. The van der Waals surface area contributed by atoms with E-state index in [0.29, 0.717) is 21.3 Å². The molecule has 1 unspecified atom stereocenters. The number of rotatable bonds is 3. The van der Waals surface area contributed by atoms with E-state index in [2.05, 4.69) is 11.9 Å². The Morgan fingerprint density at radius 1 is 1.27 bits per heavy atom. The Morgan fingerprint density at radius 2 is 2.08 bits per heavy atom. The topological polar surface area (TPSA) is 52.8 Å². The van der Waals surface area contributed by atoms with Crippen molar-refractivity contribution in [1.82, 2.24) is 4.57 Å². The van der Waals surface area contributed by atoms with Crippen LogP contribution in [0.15, 0.2) is 47.5 Å². The van der Waals surface area contributed by atoms with Gasteiger partial charge in [-0.25, -0.2) is 0 Å². The number of aromatic nitrogens is 1. The van der Waals surface area contributed by atoms with Crippen molar-refractivity contribution in [2.75, 3.05) is 6.61 Å². The van der Waals surface area contributed by atoms with Gasteiger partial charge >= 0.3 is 0 Å². The van der Waals surface area contributed by atoms with Crippen molar-refractivity contribution < 1.29 is 14.3 Å². The number of nitrogens with zero attached hydrogens (tertiary/aromatic N) is 2. The van der Waals surface area contributed by atoms with Gasteiger partial charge in [-0.3, -0.25) is 4.79 Å². The molecule has 0 N–H and O–H groups in total. The summed E-state index contributed by atoms with van der Waals surface area (Å²) in [6, 6.07) is 13.0. The van der Waals surface area contributed by atoms with E-state index in [1.807, 2.05) is 41.0 Å².